The van der Waals surface area contributed by atoms with Crippen LogP contribution in [0, 0.1) is 11.8 Å². The number of alkyl carbamates (subject to hydrolysis) is 1. The molecule has 0 spiro atoms. The third kappa shape index (κ3) is 3.08. The van der Waals surface area contributed by atoms with Crippen molar-refractivity contribution in [1.82, 2.24) is 5.32 Å². The lowest BCUT2D eigenvalue weighted by Crippen LogP contribution is -2.51. The predicted octanol–water partition coefficient (Wildman–Crippen LogP) is 2.84. The maximum atomic E-state index is 12.1. The molecule has 5 nitrogen and oxygen atoms in total. The first kappa shape index (κ1) is 15.0. The molecule has 1 aromatic rings. The highest BCUT2D eigenvalue weighted by molar-refractivity contribution is 5.67. The van der Waals surface area contributed by atoms with Crippen molar-refractivity contribution in [3.8, 4) is 0 Å². The first-order valence-corrected chi connectivity index (χ1v) is 8.35. The second-order valence-corrected chi connectivity index (χ2v) is 7.27. The fourth-order valence-electron chi connectivity index (χ4n) is 3.92. The normalized spacial score (nSPS) is 36.7. The van der Waals surface area contributed by atoms with Crippen LogP contribution in [0.1, 0.15) is 32.3 Å². The van der Waals surface area contributed by atoms with Crippen LogP contribution in [0.2, 0.25) is 0 Å². The molecule has 0 aromatic heterocycles. The first-order chi connectivity index (χ1) is 11.0. The Labute approximate surface area is 136 Å². The van der Waals surface area contributed by atoms with Gasteiger partial charge in [-0.25, -0.2) is 4.79 Å². The summed E-state index contributed by atoms with van der Waals surface area (Å²) in [4.78, 5) is 12.1. The zero-order valence-corrected chi connectivity index (χ0v) is 13.5. The average molecular weight is 317 g/mol. The van der Waals surface area contributed by atoms with Gasteiger partial charge in [-0.2, -0.15) is 0 Å². The van der Waals surface area contributed by atoms with Crippen LogP contribution in [0.25, 0.3) is 0 Å². The number of hydrogen-bond acceptors (Lipinski definition) is 4. The van der Waals surface area contributed by atoms with E-state index in [1.807, 2.05) is 44.2 Å². The van der Waals surface area contributed by atoms with Gasteiger partial charge in [-0.05, 0) is 44.1 Å². The molecule has 124 valence electrons. The lowest BCUT2D eigenvalue weighted by Gasteiger charge is -2.31. The van der Waals surface area contributed by atoms with E-state index in [0.717, 1.165) is 12.0 Å². The second-order valence-electron chi connectivity index (χ2n) is 7.27. The summed E-state index contributed by atoms with van der Waals surface area (Å²) in [6.07, 6.45) is 1.77. The van der Waals surface area contributed by atoms with Gasteiger partial charge in [-0.3, -0.25) is 0 Å². The van der Waals surface area contributed by atoms with Gasteiger partial charge in [0.25, 0.3) is 0 Å². The number of hydrogen-bond donors (Lipinski definition) is 1. The fraction of sp³-hybridized carbons (Fsp3) is 0.611. The number of amides is 1. The van der Waals surface area contributed by atoms with E-state index < -0.39 is 5.79 Å². The van der Waals surface area contributed by atoms with Crippen LogP contribution in [0.3, 0.4) is 0 Å². The molecule has 1 aromatic carbocycles. The molecule has 3 fully saturated rings. The Morgan fingerprint density at radius 2 is 1.96 bits per heavy atom. The van der Waals surface area contributed by atoms with Gasteiger partial charge in [-0.15, -0.1) is 0 Å². The Kier molecular flexibility index (Phi) is 3.58. The molecule has 2 aliphatic carbocycles. The third-order valence-corrected chi connectivity index (χ3v) is 5.03. The zero-order valence-electron chi connectivity index (χ0n) is 13.5. The van der Waals surface area contributed by atoms with E-state index in [2.05, 4.69) is 5.32 Å². The van der Waals surface area contributed by atoms with Gasteiger partial charge in [0.1, 0.15) is 12.7 Å². The van der Waals surface area contributed by atoms with Crippen molar-refractivity contribution in [3.63, 3.8) is 0 Å². The third-order valence-electron chi connectivity index (χ3n) is 5.03. The number of fused-ring (bicyclic) bond motifs is 3. The van der Waals surface area contributed by atoms with Crippen molar-refractivity contribution < 1.29 is 19.0 Å². The van der Waals surface area contributed by atoms with E-state index in [1.54, 1.807) is 0 Å². The molecule has 1 saturated heterocycles. The predicted molar refractivity (Wildman–Crippen MR) is 83.6 cm³/mol. The highest BCUT2D eigenvalue weighted by Gasteiger charge is 2.60. The number of carbonyl (C=O) groups excluding carboxylic acids is 1. The molecule has 1 unspecified atom stereocenters. The summed E-state index contributed by atoms with van der Waals surface area (Å²) in [6.45, 7) is 4.16. The second kappa shape index (κ2) is 5.49. The van der Waals surface area contributed by atoms with Gasteiger partial charge in [0.05, 0.1) is 12.1 Å². The Balaban J connectivity index is 1.35. The minimum absolute atomic E-state index is 0.0335. The van der Waals surface area contributed by atoms with Crippen molar-refractivity contribution >= 4 is 6.09 Å². The van der Waals surface area contributed by atoms with E-state index in [1.165, 1.54) is 6.42 Å². The molecule has 1 heterocycles. The SMILES string of the molecule is CC1(C)O[C@@H]2[C@H](O1)C1C[C@H]1C[C@H]2NC(=O)OCc1ccccc1. The van der Waals surface area contributed by atoms with E-state index in [0.29, 0.717) is 11.8 Å². The number of ether oxygens (including phenoxy) is 3. The molecule has 4 rings (SSSR count). The fourth-order valence-corrected chi connectivity index (χ4v) is 3.92. The Hall–Kier alpha value is -1.59. The van der Waals surface area contributed by atoms with Crippen LogP contribution in [0.5, 0.6) is 0 Å². The molecule has 3 aliphatic rings. The molecule has 23 heavy (non-hydrogen) atoms. The molecular weight excluding hydrogens is 294 g/mol. The number of rotatable bonds is 3. The lowest BCUT2D eigenvalue weighted by atomic mass is 9.90. The van der Waals surface area contributed by atoms with Gasteiger partial charge < -0.3 is 19.5 Å². The molecule has 0 bridgehead atoms. The molecule has 1 N–H and O–H groups in total. The summed E-state index contributed by atoms with van der Waals surface area (Å²) >= 11 is 0. The molecule has 1 amide bonds. The molecule has 0 radical (unpaired) electrons. The zero-order chi connectivity index (χ0) is 16.0. The smallest absolute Gasteiger partial charge is 0.407 e. The van der Waals surface area contributed by atoms with Gasteiger partial charge in [0.2, 0.25) is 0 Å². The largest absolute Gasteiger partial charge is 0.445 e. The van der Waals surface area contributed by atoms with E-state index in [9.17, 15) is 4.79 Å². The van der Waals surface area contributed by atoms with Crippen LogP contribution in [0.15, 0.2) is 30.3 Å². The number of benzene rings is 1. The molecule has 1 aliphatic heterocycles. The summed E-state index contributed by atoms with van der Waals surface area (Å²) in [5, 5.41) is 2.99. The number of carbonyl (C=O) groups is 1. The maximum Gasteiger partial charge on any atom is 0.407 e. The van der Waals surface area contributed by atoms with E-state index in [-0.39, 0.29) is 30.9 Å². The van der Waals surface area contributed by atoms with Crippen LogP contribution in [0.4, 0.5) is 4.79 Å². The van der Waals surface area contributed by atoms with Crippen LogP contribution in [-0.2, 0) is 20.8 Å². The van der Waals surface area contributed by atoms with Crippen LogP contribution in [-0.4, -0.2) is 30.1 Å². The standard InChI is InChI=1S/C18H23NO4/c1-18(2)22-15-13-8-12(13)9-14(16(15)23-18)19-17(20)21-10-11-6-4-3-5-7-11/h3-7,12-16H,8-10H2,1-2H3,(H,19,20)/t12-,13?,14+,15+,16-/m0/s1. The van der Waals surface area contributed by atoms with Gasteiger partial charge >= 0.3 is 6.09 Å². The summed E-state index contributed by atoms with van der Waals surface area (Å²) in [6, 6.07) is 9.65. The van der Waals surface area contributed by atoms with Gasteiger partial charge in [0.15, 0.2) is 5.79 Å². The van der Waals surface area contributed by atoms with Crippen molar-refractivity contribution in [2.75, 3.05) is 0 Å². The average Bonchev–Trinajstić information content (AvgIpc) is 3.21. The summed E-state index contributed by atoms with van der Waals surface area (Å²) in [5.41, 5.74) is 0.980. The molecule has 2 saturated carbocycles. The molecule has 5 atom stereocenters. The summed E-state index contributed by atoms with van der Waals surface area (Å²) < 4.78 is 17.4. The highest BCUT2D eigenvalue weighted by Crippen LogP contribution is 2.55. The summed E-state index contributed by atoms with van der Waals surface area (Å²) in [5.74, 6) is 0.675. The van der Waals surface area contributed by atoms with Gasteiger partial charge in [0, 0.05) is 0 Å². The Bertz CT molecular complexity index is 588. The minimum Gasteiger partial charge on any atom is -0.445 e. The Morgan fingerprint density at radius 3 is 2.74 bits per heavy atom. The van der Waals surface area contributed by atoms with Crippen molar-refractivity contribution in [2.45, 2.75) is 57.3 Å². The van der Waals surface area contributed by atoms with E-state index >= 15 is 0 Å². The molecule has 5 heteroatoms. The minimum atomic E-state index is -0.569. The number of nitrogens with one attached hydrogen (secondary N) is 1. The molecular formula is C18H23NO4. The van der Waals surface area contributed by atoms with Crippen LogP contribution >= 0.6 is 0 Å². The van der Waals surface area contributed by atoms with Crippen molar-refractivity contribution in [1.29, 1.82) is 0 Å². The lowest BCUT2D eigenvalue weighted by molar-refractivity contribution is -0.148. The first-order valence-electron chi connectivity index (χ1n) is 8.35. The highest BCUT2D eigenvalue weighted by atomic mass is 16.8. The van der Waals surface area contributed by atoms with Crippen molar-refractivity contribution in [2.24, 2.45) is 11.8 Å². The maximum absolute atomic E-state index is 12.1. The van der Waals surface area contributed by atoms with Gasteiger partial charge in [-0.1, -0.05) is 30.3 Å². The monoisotopic (exact) mass is 317 g/mol. The van der Waals surface area contributed by atoms with Crippen LogP contribution < -0.4 is 5.32 Å². The topological polar surface area (TPSA) is 56.8 Å². The summed E-state index contributed by atoms with van der Waals surface area (Å²) in [7, 11) is 0. The van der Waals surface area contributed by atoms with E-state index in [4.69, 9.17) is 14.2 Å². The quantitative estimate of drug-likeness (QED) is 0.931. The Morgan fingerprint density at radius 1 is 1.22 bits per heavy atom. The van der Waals surface area contributed by atoms with Crippen molar-refractivity contribution in [3.05, 3.63) is 35.9 Å².